The van der Waals surface area contributed by atoms with E-state index in [4.69, 9.17) is 21.4 Å². The molecule has 0 atom stereocenters. The molecule has 1 heterocycles. The van der Waals surface area contributed by atoms with Gasteiger partial charge in [-0.25, -0.2) is 0 Å². The topological polar surface area (TPSA) is 63.5 Å². The quantitative estimate of drug-likeness (QED) is 0.506. The second kappa shape index (κ2) is 8.82. The second-order valence-electron chi connectivity index (χ2n) is 5.57. The molecule has 2 aromatic carbocycles. The van der Waals surface area contributed by atoms with Crippen LogP contribution in [0.15, 0.2) is 77.2 Å². The van der Waals surface area contributed by atoms with Gasteiger partial charge in [-0.1, -0.05) is 30.3 Å². The molecule has 0 radical (unpaired) electrons. The molecule has 0 saturated carbocycles. The summed E-state index contributed by atoms with van der Waals surface area (Å²) >= 11 is 5.14. The van der Waals surface area contributed by atoms with Crippen molar-refractivity contribution in [3.63, 3.8) is 0 Å². The van der Waals surface area contributed by atoms with Crippen LogP contribution < -0.4 is 15.4 Å². The Bertz CT molecular complexity index is 947. The third kappa shape index (κ3) is 5.29. The van der Waals surface area contributed by atoms with E-state index in [0.29, 0.717) is 5.76 Å². The molecule has 0 saturated heterocycles. The molecule has 5 nitrogen and oxygen atoms in total. The molecule has 0 unspecified atom stereocenters. The van der Waals surface area contributed by atoms with Crippen LogP contribution in [-0.2, 0) is 4.79 Å². The van der Waals surface area contributed by atoms with Crippen molar-refractivity contribution < 1.29 is 13.9 Å². The molecular formula is C21H18N2O3S. The number of benzene rings is 2. The predicted octanol–water partition coefficient (Wildman–Crippen LogP) is 4.48. The molecule has 0 aliphatic heterocycles. The monoisotopic (exact) mass is 378 g/mol. The van der Waals surface area contributed by atoms with E-state index >= 15 is 0 Å². The maximum atomic E-state index is 12.0. The highest BCUT2D eigenvalue weighted by Gasteiger charge is 2.04. The Labute approximate surface area is 162 Å². The summed E-state index contributed by atoms with van der Waals surface area (Å²) < 4.78 is 10.8. The van der Waals surface area contributed by atoms with Gasteiger partial charge in [0.2, 0.25) is 5.91 Å². The van der Waals surface area contributed by atoms with E-state index in [-0.39, 0.29) is 11.0 Å². The smallest absolute Gasteiger partial charge is 0.250 e. The van der Waals surface area contributed by atoms with Crippen molar-refractivity contribution in [1.29, 1.82) is 0 Å². The summed E-state index contributed by atoms with van der Waals surface area (Å²) in [6.45, 7) is 0. The normalized spacial score (nSPS) is 10.6. The molecule has 3 rings (SSSR count). The average molecular weight is 378 g/mol. The van der Waals surface area contributed by atoms with E-state index in [1.807, 2.05) is 36.4 Å². The molecule has 0 bridgehead atoms. The van der Waals surface area contributed by atoms with Crippen molar-refractivity contribution in [3.8, 4) is 17.1 Å². The van der Waals surface area contributed by atoms with Crippen LogP contribution in [0, 0.1) is 0 Å². The standard InChI is InChI=1S/C21H18N2O3S/c1-25-17-9-7-16(8-10-17)22-21(27)23-20(24)14-12-18-11-13-19(26-18)15-5-3-2-4-6-15/h2-14H,1H3,(H2,22,23,24,27)/b14-12+. The van der Waals surface area contributed by atoms with Gasteiger partial charge < -0.3 is 14.5 Å². The summed E-state index contributed by atoms with van der Waals surface area (Å²) in [5.41, 5.74) is 1.73. The molecule has 0 fully saturated rings. The van der Waals surface area contributed by atoms with Crippen molar-refractivity contribution in [2.75, 3.05) is 12.4 Å². The number of ether oxygens (including phenoxy) is 1. The zero-order valence-electron chi connectivity index (χ0n) is 14.6. The van der Waals surface area contributed by atoms with Gasteiger partial charge in [0.1, 0.15) is 17.3 Å². The summed E-state index contributed by atoms with van der Waals surface area (Å²) in [7, 11) is 1.60. The molecule has 136 valence electrons. The Balaban J connectivity index is 1.54. The lowest BCUT2D eigenvalue weighted by atomic mass is 10.2. The van der Waals surface area contributed by atoms with Crippen LogP contribution in [0.2, 0.25) is 0 Å². The fourth-order valence-corrected chi connectivity index (χ4v) is 2.57. The van der Waals surface area contributed by atoms with Gasteiger partial charge in [-0.3, -0.25) is 10.1 Å². The first-order valence-electron chi connectivity index (χ1n) is 8.23. The van der Waals surface area contributed by atoms with Crippen LogP contribution in [0.1, 0.15) is 5.76 Å². The zero-order chi connectivity index (χ0) is 19.1. The molecular weight excluding hydrogens is 360 g/mol. The molecule has 27 heavy (non-hydrogen) atoms. The van der Waals surface area contributed by atoms with Crippen molar-refractivity contribution in [3.05, 3.63) is 78.6 Å². The van der Waals surface area contributed by atoms with E-state index in [2.05, 4.69) is 10.6 Å². The number of anilines is 1. The Kier molecular flexibility index (Phi) is 6.02. The number of carbonyl (C=O) groups is 1. The predicted molar refractivity (Wildman–Crippen MR) is 111 cm³/mol. The minimum Gasteiger partial charge on any atom is -0.497 e. The number of rotatable bonds is 5. The van der Waals surface area contributed by atoms with Gasteiger partial charge >= 0.3 is 0 Å². The lowest BCUT2D eigenvalue weighted by Crippen LogP contribution is -2.32. The molecule has 3 aromatic rings. The Morgan fingerprint density at radius 1 is 1.04 bits per heavy atom. The van der Waals surface area contributed by atoms with Crippen molar-refractivity contribution in [2.45, 2.75) is 0 Å². The summed E-state index contributed by atoms with van der Waals surface area (Å²) in [5.74, 6) is 1.72. The Hall–Kier alpha value is -3.38. The lowest BCUT2D eigenvalue weighted by molar-refractivity contribution is -0.115. The van der Waals surface area contributed by atoms with Crippen molar-refractivity contribution >= 4 is 35.0 Å². The number of hydrogen-bond acceptors (Lipinski definition) is 4. The number of carbonyl (C=O) groups excluding carboxylic acids is 1. The van der Waals surface area contributed by atoms with Crippen LogP contribution in [0.4, 0.5) is 5.69 Å². The minimum atomic E-state index is -0.348. The fraction of sp³-hybridized carbons (Fsp3) is 0.0476. The number of furan rings is 1. The third-order valence-electron chi connectivity index (χ3n) is 3.67. The van der Waals surface area contributed by atoms with Gasteiger partial charge in [0.15, 0.2) is 5.11 Å². The molecule has 1 aromatic heterocycles. The van der Waals surface area contributed by atoms with Crippen LogP contribution in [-0.4, -0.2) is 18.1 Å². The summed E-state index contributed by atoms with van der Waals surface area (Å²) in [4.78, 5) is 12.0. The Morgan fingerprint density at radius 2 is 1.78 bits per heavy atom. The number of nitrogens with one attached hydrogen (secondary N) is 2. The maximum absolute atomic E-state index is 12.0. The second-order valence-corrected chi connectivity index (χ2v) is 5.98. The van der Waals surface area contributed by atoms with Crippen LogP contribution in [0.3, 0.4) is 0 Å². The van der Waals surface area contributed by atoms with Gasteiger partial charge in [-0.05, 0) is 54.7 Å². The van der Waals surface area contributed by atoms with Gasteiger partial charge in [0.05, 0.1) is 7.11 Å². The molecule has 2 N–H and O–H groups in total. The first kappa shape index (κ1) is 18.4. The first-order valence-corrected chi connectivity index (χ1v) is 8.64. The average Bonchev–Trinajstić information content (AvgIpc) is 3.17. The third-order valence-corrected chi connectivity index (χ3v) is 3.87. The summed E-state index contributed by atoms with van der Waals surface area (Å²) in [6.07, 6.45) is 2.97. The summed E-state index contributed by atoms with van der Waals surface area (Å²) in [5, 5.41) is 5.73. The van der Waals surface area contributed by atoms with Crippen molar-refractivity contribution in [1.82, 2.24) is 5.32 Å². The van der Waals surface area contributed by atoms with Crippen LogP contribution in [0.5, 0.6) is 5.75 Å². The molecule has 0 aliphatic carbocycles. The van der Waals surface area contributed by atoms with Gasteiger partial charge in [-0.15, -0.1) is 0 Å². The highest BCUT2D eigenvalue weighted by Crippen LogP contribution is 2.22. The fourth-order valence-electron chi connectivity index (χ4n) is 2.35. The number of thiocarbonyl (C=S) groups is 1. The number of methoxy groups -OCH3 is 1. The Morgan fingerprint density at radius 3 is 2.48 bits per heavy atom. The number of amides is 1. The highest BCUT2D eigenvalue weighted by atomic mass is 32.1. The molecule has 0 aliphatic rings. The maximum Gasteiger partial charge on any atom is 0.250 e. The summed E-state index contributed by atoms with van der Waals surface area (Å²) in [6, 6.07) is 20.6. The van der Waals surface area contributed by atoms with Gasteiger partial charge in [0, 0.05) is 17.3 Å². The first-order chi connectivity index (χ1) is 13.1. The van der Waals surface area contributed by atoms with Crippen LogP contribution >= 0.6 is 12.2 Å². The van der Waals surface area contributed by atoms with E-state index in [1.165, 1.54) is 6.08 Å². The molecule has 0 spiro atoms. The molecule has 6 heteroatoms. The van der Waals surface area contributed by atoms with E-state index in [0.717, 1.165) is 22.8 Å². The lowest BCUT2D eigenvalue weighted by Gasteiger charge is -2.08. The SMILES string of the molecule is COc1ccc(NC(=S)NC(=O)/C=C/c2ccc(-c3ccccc3)o2)cc1. The van der Waals surface area contributed by atoms with Gasteiger partial charge in [0.25, 0.3) is 0 Å². The van der Waals surface area contributed by atoms with E-state index in [1.54, 1.807) is 43.5 Å². The van der Waals surface area contributed by atoms with E-state index in [9.17, 15) is 4.79 Å². The minimum absolute atomic E-state index is 0.208. The van der Waals surface area contributed by atoms with E-state index < -0.39 is 0 Å². The highest BCUT2D eigenvalue weighted by molar-refractivity contribution is 7.80. The van der Waals surface area contributed by atoms with Crippen molar-refractivity contribution in [2.24, 2.45) is 0 Å². The molecule has 1 amide bonds. The van der Waals surface area contributed by atoms with Gasteiger partial charge in [-0.2, -0.15) is 0 Å². The van der Waals surface area contributed by atoms with Crippen LogP contribution in [0.25, 0.3) is 17.4 Å². The number of hydrogen-bond donors (Lipinski definition) is 2. The zero-order valence-corrected chi connectivity index (χ0v) is 15.5. The largest absolute Gasteiger partial charge is 0.497 e.